The van der Waals surface area contributed by atoms with Crippen molar-refractivity contribution in [1.29, 1.82) is 0 Å². The number of carbonyl (C=O) groups excluding carboxylic acids is 1. The standard InChI is InChI=1S/C20H22N2O/c1-3-13-22-19(15(2)14-16-9-5-4-6-10-16)21-18-12-8-7-11-17(18)20(22)23/h4-12,14,19,21H,3,13H2,1-2H3/b15-14+/t19-/m1/s1. The molecule has 1 amide bonds. The predicted octanol–water partition coefficient (Wildman–Crippen LogP) is 4.39. The smallest absolute Gasteiger partial charge is 0.257 e. The molecular formula is C20H22N2O. The number of amides is 1. The van der Waals surface area contributed by atoms with Crippen LogP contribution in [0.4, 0.5) is 5.69 Å². The highest BCUT2D eigenvalue weighted by Gasteiger charge is 2.31. The number of rotatable bonds is 4. The lowest BCUT2D eigenvalue weighted by atomic mass is 10.0. The topological polar surface area (TPSA) is 32.3 Å². The maximum absolute atomic E-state index is 12.8. The molecule has 3 rings (SSSR count). The molecule has 1 aliphatic rings. The zero-order valence-corrected chi connectivity index (χ0v) is 13.6. The van der Waals surface area contributed by atoms with Gasteiger partial charge >= 0.3 is 0 Å². The zero-order valence-electron chi connectivity index (χ0n) is 13.6. The van der Waals surface area contributed by atoms with Gasteiger partial charge in [0.05, 0.1) is 5.56 Å². The van der Waals surface area contributed by atoms with Crippen LogP contribution in [0.5, 0.6) is 0 Å². The highest BCUT2D eigenvalue weighted by atomic mass is 16.2. The van der Waals surface area contributed by atoms with Crippen molar-refractivity contribution in [2.24, 2.45) is 0 Å². The van der Waals surface area contributed by atoms with Gasteiger partial charge in [-0.3, -0.25) is 4.79 Å². The number of hydrogen-bond acceptors (Lipinski definition) is 2. The molecule has 2 aromatic rings. The minimum Gasteiger partial charge on any atom is -0.361 e. The van der Waals surface area contributed by atoms with Gasteiger partial charge in [-0.1, -0.05) is 55.5 Å². The van der Waals surface area contributed by atoms with Crippen LogP contribution in [-0.2, 0) is 0 Å². The number of nitrogens with one attached hydrogen (secondary N) is 1. The Balaban J connectivity index is 1.96. The normalized spacial score (nSPS) is 17.7. The van der Waals surface area contributed by atoms with Gasteiger partial charge in [0.25, 0.3) is 5.91 Å². The molecular weight excluding hydrogens is 284 g/mol. The van der Waals surface area contributed by atoms with Crippen molar-refractivity contribution < 1.29 is 4.79 Å². The molecule has 118 valence electrons. The van der Waals surface area contributed by atoms with Crippen LogP contribution >= 0.6 is 0 Å². The summed E-state index contributed by atoms with van der Waals surface area (Å²) in [4.78, 5) is 14.8. The van der Waals surface area contributed by atoms with Crippen molar-refractivity contribution in [3.05, 3.63) is 71.3 Å². The van der Waals surface area contributed by atoms with E-state index in [0.29, 0.717) is 0 Å². The van der Waals surface area contributed by atoms with E-state index in [1.54, 1.807) is 0 Å². The SMILES string of the molecule is CCCN1C(=O)c2ccccc2N[C@H]1/C(C)=C/c1ccccc1. The van der Waals surface area contributed by atoms with E-state index < -0.39 is 0 Å². The first-order chi connectivity index (χ1) is 11.2. The lowest BCUT2D eigenvalue weighted by Crippen LogP contribution is -2.49. The van der Waals surface area contributed by atoms with E-state index in [4.69, 9.17) is 0 Å². The van der Waals surface area contributed by atoms with Crippen molar-refractivity contribution in [3.63, 3.8) is 0 Å². The molecule has 1 heterocycles. The monoisotopic (exact) mass is 306 g/mol. The molecule has 0 fully saturated rings. The molecule has 1 N–H and O–H groups in total. The number of fused-ring (bicyclic) bond motifs is 1. The summed E-state index contributed by atoms with van der Waals surface area (Å²) >= 11 is 0. The molecule has 0 aliphatic carbocycles. The third-order valence-corrected chi connectivity index (χ3v) is 4.11. The maximum atomic E-state index is 12.8. The van der Waals surface area contributed by atoms with Gasteiger partial charge in [0, 0.05) is 12.2 Å². The Kier molecular flexibility index (Phi) is 4.47. The fraction of sp³-hybridized carbons (Fsp3) is 0.250. The molecule has 0 radical (unpaired) electrons. The van der Waals surface area contributed by atoms with Gasteiger partial charge in [-0.2, -0.15) is 0 Å². The first-order valence-corrected chi connectivity index (χ1v) is 8.10. The first kappa shape index (κ1) is 15.3. The van der Waals surface area contributed by atoms with E-state index in [2.05, 4.69) is 37.4 Å². The number of carbonyl (C=O) groups is 1. The number of nitrogens with zero attached hydrogens (tertiary/aromatic N) is 1. The van der Waals surface area contributed by atoms with Gasteiger partial charge in [0.1, 0.15) is 6.17 Å². The van der Waals surface area contributed by atoms with Crippen LogP contribution in [0.3, 0.4) is 0 Å². The summed E-state index contributed by atoms with van der Waals surface area (Å²) in [7, 11) is 0. The fourth-order valence-electron chi connectivity index (χ4n) is 3.01. The fourth-order valence-corrected chi connectivity index (χ4v) is 3.01. The second-order valence-corrected chi connectivity index (χ2v) is 5.89. The largest absolute Gasteiger partial charge is 0.361 e. The lowest BCUT2D eigenvalue weighted by molar-refractivity contribution is 0.0710. The Hall–Kier alpha value is -2.55. The highest BCUT2D eigenvalue weighted by molar-refractivity contribution is 6.02. The summed E-state index contributed by atoms with van der Waals surface area (Å²) in [6.45, 7) is 4.92. The van der Waals surface area contributed by atoms with Crippen LogP contribution < -0.4 is 5.32 Å². The average molecular weight is 306 g/mol. The summed E-state index contributed by atoms with van der Waals surface area (Å²) in [5, 5.41) is 3.52. The van der Waals surface area contributed by atoms with Crippen LogP contribution in [0.25, 0.3) is 6.08 Å². The van der Waals surface area contributed by atoms with E-state index in [1.165, 1.54) is 0 Å². The number of anilines is 1. The van der Waals surface area contributed by atoms with E-state index in [9.17, 15) is 4.79 Å². The number of para-hydroxylation sites is 1. The van der Waals surface area contributed by atoms with Gasteiger partial charge in [0.2, 0.25) is 0 Å². The lowest BCUT2D eigenvalue weighted by Gasteiger charge is -2.38. The molecule has 1 atom stereocenters. The molecule has 23 heavy (non-hydrogen) atoms. The molecule has 0 bridgehead atoms. The molecule has 1 aliphatic heterocycles. The second kappa shape index (κ2) is 6.69. The van der Waals surface area contributed by atoms with Crippen molar-refractivity contribution in [2.75, 3.05) is 11.9 Å². The molecule has 0 spiro atoms. The minimum atomic E-state index is -0.0995. The van der Waals surface area contributed by atoms with Crippen LogP contribution in [0.1, 0.15) is 36.2 Å². The quantitative estimate of drug-likeness (QED) is 0.908. The Bertz CT molecular complexity index is 721. The molecule has 0 aromatic heterocycles. The molecule has 0 unspecified atom stereocenters. The van der Waals surface area contributed by atoms with Crippen molar-refractivity contribution in [1.82, 2.24) is 4.90 Å². The van der Waals surface area contributed by atoms with Gasteiger partial charge in [-0.05, 0) is 36.6 Å². The molecule has 0 saturated heterocycles. The van der Waals surface area contributed by atoms with Crippen molar-refractivity contribution >= 4 is 17.7 Å². The van der Waals surface area contributed by atoms with Gasteiger partial charge < -0.3 is 10.2 Å². The molecule has 2 aromatic carbocycles. The zero-order chi connectivity index (χ0) is 16.2. The van der Waals surface area contributed by atoms with Crippen molar-refractivity contribution in [3.8, 4) is 0 Å². The van der Waals surface area contributed by atoms with Crippen molar-refractivity contribution in [2.45, 2.75) is 26.4 Å². The van der Waals surface area contributed by atoms with E-state index in [0.717, 1.165) is 35.4 Å². The third kappa shape index (κ3) is 3.14. The van der Waals surface area contributed by atoms with Gasteiger partial charge in [-0.15, -0.1) is 0 Å². The molecule has 3 heteroatoms. The number of hydrogen-bond donors (Lipinski definition) is 1. The highest BCUT2D eigenvalue weighted by Crippen LogP contribution is 2.28. The molecule has 3 nitrogen and oxygen atoms in total. The Morgan fingerprint density at radius 3 is 2.57 bits per heavy atom. The van der Waals surface area contributed by atoms with E-state index in [-0.39, 0.29) is 12.1 Å². The maximum Gasteiger partial charge on any atom is 0.257 e. The van der Waals surface area contributed by atoms with Crippen LogP contribution in [0.2, 0.25) is 0 Å². The Morgan fingerprint density at radius 1 is 1.13 bits per heavy atom. The summed E-state index contributed by atoms with van der Waals surface area (Å²) in [5.74, 6) is 0.104. The van der Waals surface area contributed by atoms with E-state index in [1.807, 2.05) is 47.4 Å². The summed E-state index contributed by atoms with van der Waals surface area (Å²) < 4.78 is 0. The minimum absolute atomic E-state index is 0.0995. The Morgan fingerprint density at radius 2 is 1.83 bits per heavy atom. The summed E-state index contributed by atoms with van der Waals surface area (Å²) in [5.41, 5.74) is 3.95. The van der Waals surface area contributed by atoms with E-state index >= 15 is 0 Å². The van der Waals surface area contributed by atoms with Crippen LogP contribution in [0.15, 0.2) is 60.2 Å². The van der Waals surface area contributed by atoms with Crippen LogP contribution in [-0.4, -0.2) is 23.5 Å². The summed E-state index contributed by atoms with van der Waals surface area (Å²) in [6.07, 6.45) is 2.98. The first-order valence-electron chi connectivity index (χ1n) is 8.10. The number of benzene rings is 2. The Labute approximate surface area is 137 Å². The average Bonchev–Trinajstić information content (AvgIpc) is 2.58. The summed E-state index contributed by atoms with van der Waals surface area (Å²) in [6, 6.07) is 17.9. The van der Waals surface area contributed by atoms with Crippen LogP contribution in [0, 0.1) is 0 Å². The third-order valence-electron chi connectivity index (χ3n) is 4.11. The second-order valence-electron chi connectivity index (χ2n) is 5.89. The van der Waals surface area contributed by atoms with Gasteiger partial charge in [0.15, 0.2) is 0 Å². The van der Waals surface area contributed by atoms with Gasteiger partial charge in [-0.25, -0.2) is 0 Å². The molecule has 0 saturated carbocycles. The predicted molar refractivity (Wildman–Crippen MR) is 95.3 cm³/mol.